The van der Waals surface area contributed by atoms with E-state index >= 15 is 0 Å². The summed E-state index contributed by atoms with van der Waals surface area (Å²) >= 11 is 0. The Morgan fingerprint density at radius 3 is 2.37 bits per heavy atom. The Labute approximate surface area is 158 Å². The number of sulfonamides is 1. The first-order valence-corrected chi connectivity index (χ1v) is 10.0. The summed E-state index contributed by atoms with van der Waals surface area (Å²) in [7, 11) is -3.57. The normalized spacial score (nSPS) is 11.5. The minimum atomic E-state index is -3.57. The lowest BCUT2D eigenvalue weighted by Crippen LogP contribution is -2.30. The highest BCUT2D eigenvalue weighted by Gasteiger charge is 2.19. The van der Waals surface area contributed by atoms with Gasteiger partial charge in [-0.2, -0.15) is 5.10 Å². The van der Waals surface area contributed by atoms with Crippen LogP contribution in [0.5, 0.6) is 0 Å². The average Bonchev–Trinajstić information content (AvgIpc) is 3.12. The summed E-state index contributed by atoms with van der Waals surface area (Å²) in [5.41, 5.74) is 2.53. The van der Waals surface area contributed by atoms with Gasteiger partial charge in [0.15, 0.2) is 5.82 Å². The Balaban J connectivity index is 1.57. The molecule has 0 aliphatic heterocycles. The van der Waals surface area contributed by atoms with Crippen molar-refractivity contribution in [2.24, 2.45) is 0 Å². The minimum absolute atomic E-state index is 0.234. The monoisotopic (exact) mass is 386 g/mol. The molecule has 9 heteroatoms. The highest BCUT2D eigenvalue weighted by atomic mass is 32.2. The summed E-state index contributed by atoms with van der Waals surface area (Å²) in [5, 5.41) is 15.3. The zero-order valence-electron chi connectivity index (χ0n) is 15.5. The predicted molar refractivity (Wildman–Crippen MR) is 103 cm³/mol. The Morgan fingerprint density at radius 1 is 1.04 bits per heavy atom. The molecule has 142 valence electrons. The molecular formula is C18H22N6O2S. The molecule has 3 aromatic rings. The topological polar surface area (TPSA) is 102 Å². The second kappa shape index (κ2) is 7.85. The van der Waals surface area contributed by atoms with Crippen molar-refractivity contribution in [2.45, 2.75) is 25.7 Å². The van der Waals surface area contributed by atoms with Crippen LogP contribution in [-0.2, 0) is 10.0 Å². The molecule has 1 aromatic carbocycles. The molecule has 0 bridgehead atoms. The quantitative estimate of drug-likeness (QED) is 0.602. The number of hydrogen-bond acceptors (Lipinski definition) is 6. The number of benzene rings is 1. The molecule has 0 radical (unpaired) electrons. The summed E-state index contributed by atoms with van der Waals surface area (Å²) in [4.78, 5) is 0.344. The second-order valence-electron chi connectivity index (χ2n) is 6.28. The van der Waals surface area contributed by atoms with Crippen molar-refractivity contribution in [2.75, 3.05) is 18.4 Å². The van der Waals surface area contributed by atoms with Crippen LogP contribution in [0.1, 0.15) is 16.7 Å². The highest BCUT2D eigenvalue weighted by Crippen LogP contribution is 2.21. The summed E-state index contributed by atoms with van der Waals surface area (Å²) < 4.78 is 29.4. The van der Waals surface area contributed by atoms with Crippen LogP contribution in [0.15, 0.2) is 47.6 Å². The molecule has 0 aliphatic rings. The van der Waals surface area contributed by atoms with Crippen molar-refractivity contribution in [3.63, 3.8) is 0 Å². The number of aryl methyl sites for hydroxylation is 3. The second-order valence-corrected chi connectivity index (χ2v) is 7.98. The Kier molecular flexibility index (Phi) is 5.52. The van der Waals surface area contributed by atoms with Crippen LogP contribution in [0.25, 0.3) is 5.82 Å². The molecule has 27 heavy (non-hydrogen) atoms. The fraction of sp³-hybridized carbons (Fsp3) is 0.278. The molecule has 3 rings (SSSR count). The summed E-state index contributed by atoms with van der Waals surface area (Å²) in [5.74, 6) is 1.17. The fourth-order valence-electron chi connectivity index (χ4n) is 2.98. The number of nitrogens with zero attached hydrogens (tertiary/aromatic N) is 4. The van der Waals surface area contributed by atoms with E-state index in [4.69, 9.17) is 0 Å². The van der Waals surface area contributed by atoms with Crippen LogP contribution in [0, 0.1) is 20.8 Å². The van der Waals surface area contributed by atoms with E-state index in [1.54, 1.807) is 35.3 Å². The molecule has 0 saturated carbocycles. The van der Waals surface area contributed by atoms with E-state index in [0.717, 1.165) is 16.7 Å². The third kappa shape index (κ3) is 4.50. The Hall–Kier alpha value is -2.78. The third-order valence-corrected chi connectivity index (χ3v) is 5.75. The molecule has 0 unspecified atom stereocenters. The maximum absolute atomic E-state index is 12.6. The lowest BCUT2D eigenvalue weighted by molar-refractivity contribution is 0.581. The van der Waals surface area contributed by atoms with Crippen LogP contribution >= 0.6 is 0 Å². The first kappa shape index (κ1) is 19.0. The van der Waals surface area contributed by atoms with Crippen molar-refractivity contribution >= 4 is 15.8 Å². The first-order chi connectivity index (χ1) is 12.9. The molecule has 2 aromatic heterocycles. The van der Waals surface area contributed by atoms with Crippen molar-refractivity contribution in [1.29, 1.82) is 0 Å². The van der Waals surface area contributed by atoms with Gasteiger partial charge in [0.25, 0.3) is 0 Å². The van der Waals surface area contributed by atoms with E-state index in [1.165, 1.54) is 0 Å². The predicted octanol–water partition coefficient (Wildman–Crippen LogP) is 1.98. The Morgan fingerprint density at radius 2 is 1.78 bits per heavy atom. The number of aromatic nitrogens is 4. The average molecular weight is 386 g/mol. The van der Waals surface area contributed by atoms with Crippen LogP contribution in [0.2, 0.25) is 0 Å². The van der Waals surface area contributed by atoms with E-state index in [-0.39, 0.29) is 6.54 Å². The third-order valence-electron chi connectivity index (χ3n) is 3.99. The van der Waals surface area contributed by atoms with Gasteiger partial charge in [-0.3, -0.25) is 0 Å². The molecular weight excluding hydrogens is 364 g/mol. The molecule has 2 heterocycles. The molecule has 0 aliphatic carbocycles. The van der Waals surface area contributed by atoms with Crippen LogP contribution in [-0.4, -0.2) is 41.5 Å². The zero-order chi connectivity index (χ0) is 19.4. The van der Waals surface area contributed by atoms with Gasteiger partial charge < -0.3 is 5.32 Å². The molecule has 0 fully saturated rings. The van der Waals surface area contributed by atoms with Gasteiger partial charge in [0.2, 0.25) is 10.0 Å². The van der Waals surface area contributed by atoms with Gasteiger partial charge in [0.05, 0.1) is 4.90 Å². The van der Waals surface area contributed by atoms with Crippen molar-refractivity contribution in [1.82, 2.24) is 24.7 Å². The SMILES string of the molecule is Cc1cc(C)c(S(=O)(=O)NCCNc2ccc(-n3cccn3)nn2)c(C)c1. The maximum Gasteiger partial charge on any atom is 0.241 e. The van der Waals surface area contributed by atoms with Gasteiger partial charge in [-0.25, -0.2) is 17.8 Å². The van der Waals surface area contributed by atoms with Crippen molar-refractivity contribution in [3.8, 4) is 5.82 Å². The molecule has 0 saturated heterocycles. The van der Waals surface area contributed by atoms with Crippen molar-refractivity contribution in [3.05, 3.63) is 59.4 Å². The van der Waals surface area contributed by atoms with Gasteiger partial charge in [0, 0.05) is 25.5 Å². The summed E-state index contributed by atoms with van der Waals surface area (Å²) in [6, 6.07) is 9.10. The van der Waals surface area contributed by atoms with Crippen LogP contribution in [0.4, 0.5) is 5.82 Å². The van der Waals surface area contributed by atoms with E-state index in [9.17, 15) is 8.42 Å². The van der Waals surface area contributed by atoms with Crippen molar-refractivity contribution < 1.29 is 8.42 Å². The van der Waals surface area contributed by atoms with Gasteiger partial charge in [0.1, 0.15) is 5.82 Å². The first-order valence-electron chi connectivity index (χ1n) is 8.52. The lowest BCUT2D eigenvalue weighted by Gasteiger charge is -2.13. The summed E-state index contributed by atoms with van der Waals surface area (Å²) in [6.07, 6.45) is 3.44. The van der Waals surface area contributed by atoms with Gasteiger partial charge in [-0.15, -0.1) is 10.2 Å². The molecule has 0 amide bonds. The number of hydrogen-bond donors (Lipinski definition) is 2. The largest absolute Gasteiger partial charge is 0.367 e. The fourth-order valence-corrected chi connectivity index (χ4v) is 4.47. The zero-order valence-corrected chi connectivity index (χ0v) is 16.3. The van der Waals surface area contributed by atoms with Gasteiger partial charge in [-0.05, 0) is 50.1 Å². The van der Waals surface area contributed by atoms with E-state index in [1.807, 2.05) is 32.9 Å². The lowest BCUT2D eigenvalue weighted by atomic mass is 10.1. The van der Waals surface area contributed by atoms with Gasteiger partial charge >= 0.3 is 0 Å². The minimum Gasteiger partial charge on any atom is -0.367 e. The summed E-state index contributed by atoms with van der Waals surface area (Å²) in [6.45, 7) is 6.19. The highest BCUT2D eigenvalue weighted by molar-refractivity contribution is 7.89. The smallest absolute Gasteiger partial charge is 0.241 e. The van der Waals surface area contributed by atoms with Crippen LogP contribution < -0.4 is 10.0 Å². The van der Waals surface area contributed by atoms with Gasteiger partial charge in [-0.1, -0.05) is 17.7 Å². The van der Waals surface area contributed by atoms with E-state index < -0.39 is 10.0 Å². The molecule has 0 spiro atoms. The Bertz CT molecular complexity index is 992. The number of anilines is 1. The van der Waals surface area contributed by atoms with Crippen LogP contribution in [0.3, 0.4) is 0 Å². The van der Waals surface area contributed by atoms with E-state index in [0.29, 0.717) is 23.1 Å². The molecule has 2 N–H and O–H groups in total. The molecule has 0 atom stereocenters. The van der Waals surface area contributed by atoms with E-state index in [2.05, 4.69) is 25.3 Å². The molecule has 8 nitrogen and oxygen atoms in total. The maximum atomic E-state index is 12.6. The number of nitrogens with one attached hydrogen (secondary N) is 2. The number of rotatable bonds is 7. The standard InChI is InChI=1S/C18H22N6O2S/c1-13-11-14(2)18(15(3)12-13)27(25,26)21-9-8-19-16-5-6-17(23-22-16)24-10-4-7-20-24/h4-7,10-12,21H,8-9H2,1-3H3,(H,19,22).